The van der Waals surface area contributed by atoms with Crippen LogP contribution >= 0.6 is 0 Å². The molecule has 0 aliphatic carbocycles. The minimum Gasteiger partial charge on any atom is -0.335 e. The van der Waals surface area contributed by atoms with Gasteiger partial charge in [0, 0.05) is 12.6 Å². The van der Waals surface area contributed by atoms with Crippen LogP contribution in [0.1, 0.15) is 28.9 Å². The lowest BCUT2D eigenvalue weighted by molar-refractivity contribution is 0.0742. The van der Waals surface area contributed by atoms with Crippen molar-refractivity contribution < 1.29 is 4.79 Å². The molecular weight excluding hydrogens is 354 g/mol. The van der Waals surface area contributed by atoms with E-state index in [4.69, 9.17) is 0 Å². The number of amides is 1. The van der Waals surface area contributed by atoms with Gasteiger partial charge in [0.2, 0.25) is 0 Å². The first-order valence-corrected chi connectivity index (χ1v) is 8.80. The summed E-state index contributed by atoms with van der Waals surface area (Å²) < 4.78 is 3.34. The van der Waals surface area contributed by atoms with Crippen LogP contribution in [0.3, 0.4) is 0 Å². The fourth-order valence-electron chi connectivity index (χ4n) is 2.95. The smallest absolute Gasteiger partial charge is 0.254 e. The first-order valence-electron chi connectivity index (χ1n) is 8.80. The molecule has 4 rings (SSSR count). The molecule has 0 saturated carbocycles. The number of rotatable bonds is 5. The van der Waals surface area contributed by atoms with Gasteiger partial charge in [0.15, 0.2) is 0 Å². The van der Waals surface area contributed by atoms with Gasteiger partial charge in [0.1, 0.15) is 25.3 Å². The number of hydrogen-bond donors (Lipinski definition) is 0. The van der Waals surface area contributed by atoms with Gasteiger partial charge < -0.3 is 4.90 Å². The molecule has 4 aromatic rings. The summed E-state index contributed by atoms with van der Waals surface area (Å²) in [5, 5.41) is 8.21. The van der Waals surface area contributed by atoms with Crippen molar-refractivity contribution in [2.75, 3.05) is 7.05 Å². The van der Waals surface area contributed by atoms with Gasteiger partial charge in [-0.25, -0.2) is 19.3 Å². The second kappa shape index (κ2) is 7.43. The molecule has 2 aromatic heterocycles. The van der Waals surface area contributed by atoms with Crippen molar-refractivity contribution in [2.24, 2.45) is 0 Å². The van der Waals surface area contributed by atoms with Gasteiger partial charge in [-0.15, -0.1) is 0 Å². The molecule has 2 heterocycles. The number of hydrogen-bond acceptors (Lipinski definition) is 5. The predicted molar refractivity (Wildman–Crippen MR) is 103 cm³/mol. The molecule has 0 N–H and O–H groups in total. The van der Waals surface area contributed by atoms with E-state index in [0.717, 1.165) is 16.9 Å². The lowest BCUT2D eigenvalue weighted by atomic mass is 10.1. The molecule has 0 aliphatic heterocycles. The van der Waals surface area contributed by atoms with Gasteiger partial charge >= 0.3 is 0 Å². The molecule has 1 amide bonds. The second-order valence-electron chi connectivity index (χ2n) is 6.41. The summed E-state index contributed by atoms with van der Waals surface area (Å²) in [6, 6.07) is 15.2. The fourth-order valence-corrected chi connectivity index (χ4v) is 2.95. The highest BCUT2D eigenvalue weighted by atomic mass is 16.2. The maximum Gasteiger partial charge on any atom is 0.254 e. The zero-order valence-electron chi connectivity index (χ0n) is 15.5. The van der Waals surface area contributed by atoms with E-state index in [2.05, 4.69) is 20.2 Å². The van der Waals surface area contributed by atoms with Crippen LogP contribution in [0.15, 0.2) is 73.8 Å². The van der Waals surface area contributed by atoms with Crippen molar-refractivity contribution in [2.45, 2.75) is 13.0 Å². The standard InChI is InChI=1S/C20H19N7O/c1-15(16-3-7-18(8-4-16)26-13-21-11-23-26)25(2)20(28)17-5-9-19(10-6-17)27-14-22-12-24-27/h3-15H,1-2H3. The molecule has 1 unspecified atom stereocenters. The molecule has 0 fully saturated rings. The first kappa shape index (κ1) is 17.6. The Balaban J connectivity index is 1.48. The molecule has 0 saturated heterocycles. The van der Waals surface area contributed by atoms with Crippen molar-refractivity contribution in [3.8, 4) is 11.4 Å². The van der Waals surface area contributed by atoms with Crippen molar-refractivity contribution in [1.29, 1.82) is 0 Å². The SMILES string of the molecule is CC(c1ccc(-n2cncn2)cc1)N(C)C(=O)c1ccc(-n2cncn2)cc1. The highest BCUT2D eigenvalue weighted by Crippen LogP contribution is 2.22. The van der Waals surface area contributed by atoms with Crippen molar-refractivity contribution in [3.05, 3.63) is 85.0 Å². The molecule has 8 nitrogen and oxygen atoms in total. The van der Waals surface area contributed by atoms with Crippen LogP contribution in [0.2, 0.25) is 0 Å². The molecule has 28 heavy (non-hydrogen) atoms. The largest absolute Gasteiger partial charge is 0.335 e. The lowest BCUT2D eigenvalue weighted by Gasteiger charge is -2.25. The van der Waals surface area contributed by atoms with Gasteiger partial charge in [-0.2, -0.15) is 10.2 Å². The summed E-state index contributed by atoms with van der Waals surface area (Å²) in [5.74, 6) is -0.0435. The number of carbonyl (C=O) groups is 1. The number of aromatic nitrogens is 6. The Morgan fingerprint density at radius 1 is 0.857 bits per heavy atom. The topological polar surface area (TPSA) is 81.7 Å². The van der Waals surface area contributed by atoms with Crippen LogP contribution in [0.4, 0.5) is 0 Å². The Hall–Kier alpha value is -3.81. The van der Waals surface area contributed by atoms with E-state index in [-0.39, 0.29) is 11.9 Å². The normalized spacial score (nSPS) is 11.9. The van der Waals surface area contributed by atoms with Crippen LogP contribution in [-0.2, 0) is 0 Å². The van der Waals surface area contributed by atoms with Crippen LogP contribution in [0.25, 0.3) is 11.4 Å². The Morgan fingerprint density at radius 2 is 1.36 bits per heavy atom. The average molecular weight is 373 g/mol. The third-order valence-electron chi connectivity index (χ3n) is 4.76. The summed E-state index contributed by atoms with van der Waals surface area (Å²) in [6.07, 6.45) is 6.24. The summed E-state index contributed by atoms with van der Waals surface area (Å²) in [7, 11) is 1.81. The quantitative estimate of drug-likeness (QED) is 0.537. The summed E-state index contributed by atoms with van der Waals surface area (Å²) in [4.78, 5) is 22.5. The van der Waals surface area contributed by atoms with E-state index in [1.54, 1.807) is 39.1 Å². The highest BCUT2D eigenvalue weighted by Gasteiger charge is 2.19. The summed E-state index contributed by atoms with van der Waals surface area (Å²) in [5.41, 5.74) is 3.44. The second-order valence-corrected chi connectivity index (χ2v) is 6.41. The molecule has 0 aliphatic rings. The Kier molecular flexibility index (Phi) is 4.67. The monoisotopic (exact) mass is 373 g/mol. The Labute approximate surface area is 162 Å². The van der Waals surface area contributed by atoms with Crippen molar-refractivity contribution in [1.82, 2.24) is 34.4 Å². The molecule has 1 atom stereocenters. The van der Waals surface area contributed by atoms with Gasteiger partial charge in [0.25, 0.3) is 5.91 Å². The Bertz CT molecular complexity index is 1040. The third kappa shape index (κ3) is 3.39. The van der Waals surface area contributed by atoms with Crippen LogP contribution in [0.5, 0.6) is 0 Å². The van der Waals surface area contributed by atoms with E-state index in [1.165, 1.54) is 12.7 Å². The van der Waals surface area contributed by atoms with Gasteiger partial charge in [-0.1, -0.05) is 12.1 Å². The summed E-state index contributed by atoms with van der Waals surface area (Å²) >= 11 is 0. The maximum absolute atomic E-state index is 12.9. The first-order chi connectivity index (χ1) is 13.6. The Morgan fingerprint density at radius 3 is 1.82 bits per heavy atom. The van der Waals surface area contributed by atoms with E-state index in [0.29, 0.717) is 5.56 Å². The van der Waals surface area contributed by atoms with Gasteiger partial charge in [-0.05, 0) is 48.9 Å². The van der Waals surface area contributed by atoms with Crippen molar-refractivity contribution >= 4 is 5.91 Å². The maximum atomic E-state index is 12.9. The molecule has 8 heteroatoms. The highest BCUT2D eigenvalue weighted by molar-refractivity contribution is 5.94. The van der Waals surface area contributed by atoms with E-state index in [1.807, 2.05) is 50.4 Å². The molecule has 0 bridgehead atoms. The van der Waals surface area contributed by atoms with E-state index in [9.17, 15) is 4.79 Å². The molecule has 0 spiro atoms. The zero-order valence-corrected chi connectivity index (χ0v) is 15.5. The van der Waals surface area contributed by atoms with E-state index >= 15 is 0 Å². The number of carbonyl (C=O) groups excluding carboxylic acids is 1. The van der Waals surface area contributed by atoms with Crippen LogP contribution in [-0.4, -0.2) is 47.4 Å². The number of benzene rings is 2. The minimum absolute atomic E-state index is 0.0435. The molecule has 0 radical (unpaired) electrons. The lowest BCUT2D eigenvalue weighted by Crippen LogP contribution is -2.29. The molecule has 140 valence electrons. The van der Waals surface area contributed by atoms with E-state index < -0.39 is 0 Å². The predicted octanol–water partition coefficient (Wildman–Crippen LogP) is 2.68. The van der Waals surface area contributed by atoms with Gasteiger partial charge in [0.05, 0.1) is 17.4 Å². The van der Waals surface area contributed by atoms with Gasteiger partial charge in [-0.3, -0.25) is 4.79 Å². The van der Waals surface area contributed by atoms with Crippen LogP contribution < -0.4 is 0 Å². The minimum atomic E-state index is -0.0766. The number of nitrogens with zero attached hydrogens (tertiary/aromatic N) is 7. The van der Waals surface area contributed by atoms with Crippen LogP contribution in [0, 0.1) is 0 Å². The molecular formula is C20H19N7O. The fraction of sp³-hybridized carbons (Fsp3) is 0.150. The third-order valence-corrected chi connectivity index (χ3v) is 4.76. The van der Waals surface area contributed by atoms with Crippen molar-refractivity contribution in [3.63, 3.8) is 0 Å². The summed E-state index contributed by atoms with van der Waals surface area (Å²) in [6.45, 7) is 2.01. The molecule has 2 aromatic carbocycles. The zero-order chi connectivity index (χ0) is 19.5. The average Bonchev–Trinajstić information content (AvgIpc) is 3.47.